The zero-order valence-electron chi connectivity index (χ0n) is 10.8. The van der Waals surface area contributed by atoms with Crippen molar-refractivity contribution in [2.45, 2.75) is 13.0 Å². The van der Waals surface area contributed by atoms with Crippen LogP contribution in [-0.4, -0.2) is 59.5 Å². The van der Waals surface area contributed by atoms with Gasteiger partial charge in [0.25, 0.3) is 0 Å². The minimum absolute atomic E-state index is 0.207. The van der Waals surface area contributed by atoms with Gasteiger partial charge in [0.05, 0.1) is 11.7 Å². The van der Waals surface area contributed by atoms with E-state index >= 15 is 0 Å². The van der Waals surface area contributed by atoms with Crippen LogP contribution in [-0.2, 0) is 0 Å². The minimum Gasteiger partial charge on any atom is -0.371 e. The van der Waals surface area contributed by atoms with E-state index in [-0.39, 0.29) is 11.9 Å². The molecule has 98 valence electrons. The van der Waals surface area contributed by atoms with Gasteiger partial charge in [0.1, 0.15) is 5.82 Å². The highest BCUT2D eigenvalue weighted by atomic mass is 19.1. The summed E-state index contributed by atoms with van der Waals surface area (Å²) in [6.45, 7) is 7.00. The maximum absolute atomic E-state index is 13.7. The number of aromatic nitrogens is 2. The van der Waals surface area contributed by atoms with E-state index in [9.17, 15) is 4.39 Å². The summed E-state index contributed by atoms with van der Waals surface area (Å²) in [5, 5.41) is 2.80. The maximum atomic E-state index is 13.7. The summed E-state index contributed by atoms with van der Waals surface area (Å²) in [6, 6.07) is 0.207. The Balaban J connectivity index is 1.94. The van der Waals surface area contributed by atoms with Gasteiger partial charge in [-0.3, -0.25) is 9.80 Å². The number of rotatable bonds is 2. The lowest BCUT2D eigenvalue weighted by molar-refractivity contribution is 0.00857. The van der Waals surface area contributed by atoms with Crippen LogP contribution in [0.5, 0.6) is 0 Å². The smallest absolute Gasteiger partial charge is 0.186 e. The quantitative estimate of drug-likeness (QED) is 0.835. The Morgan fingerprint density at radius 1 is 1.22 bits per heavy atom. The number of nitrogens with zero attached hydrogens (tertiary/aromatic N) is 4. The Morgan fingerprint density at radius 3 is 2.50 bits per heavy atom. The summed E-state index contributed by atoms with van der Waals surface area (Å²) >= 11 is 0. The summed E-state index contributed by atoms with van der Waals surface area (Å²) in [4.78, 5) is 13.5. The fraction of sp³-hybridized carbons (Fsp3) is 0.667. The fourth-order valence-corrected chi connectivity index (χ4v) is 2.76. The van der Waals surface area contributed by atoms with E-state index in [0.717, 1.165) is 38.5 Å². The Hall–Kier alpha value is -1.27. The van der Waals surface area contributed by atoms with Crippen LogP contribution in [0.2, 0.25) is 0 Å². The van der Waals surface area contributed by atoms with E-state index < -0.39 is 0 Å². The molecule has 5 nitrogen and oxygen atoms in total. The summed E-state index contributed by atoms with van der Waals surface area (Å²) in [7, 11) is 1.69. The molecule has 3 saturated heterocycles. The van der Waals surface area contributed by atoms with Crippen molar-refractivity contribution in [1.29, 1.82) is 0 Å². The average Bonchev–Trinajstić information content (AvgIpc) is 2.43. The standard InChI is InChI=1S/C12H18FN5/c1-8-10(13)12(14-2)16-11(15-8)9-7-17-3-5-18(9)6-4-17/h9H,3-7H2,1-2H3,(H,14,15,16). The van der Waals surface area contributed by atoms with Crippen LogP contribution >= 0.6 is 0 Å². The van der Waals surface area contributed by atoms with Crippen molar-refractivity contribution in [2.24, 2.45) is 0 Å². The van der Waals surface area contributed by atoms with Crippen LogP contribution in [0.25, 0.3) is 0 Å². The van der Waals surface area contributed by atoms with E-state index in [2.05, 4.69) is 25.1 Å². The first-order valence-corrected chi connectivity index (χ1v) is 6.37. The third kappa shape index (κ3) is 1.85. The zero-order chi connectivity index (χ0) is 12.7. The summed E-state index contributed by atoms with van der Waals surface area (Å²) < 4.78 is 13.7. The van der Waals surface area contributed by atoms with E-state index in [1.54, 1.807) is 14.0 Å². The van der Waals surface area contributed by atoms with Gasteiger partial charge >= 0.3 is 0 Å². The van der Waals surface area contributed by atoms with Crippen LogP contribution < -0.4 is 5.32 Å². The highest BCUT2D eigenvalue weighted by Crippen LogP contribution is 2.28. The van der Waals surface area contributed by atoms with Gasteiger partial charge in [0.2, 0.25) is 0 Å². The van der Waals surface area contributed by atoms with Gasteiger partial charge in [-0.15, -0.1) is 0 Å². The molecule has 6 heteroatoms. The molecule has 1 N–H and O–H groups in total. The van der Waals surface area contributed by atoms with Crippen molar-refractivity contribution >= 4 is 5.82 Å². The molecule has 0 radical (unpaired) electrons. The second-order valence-corrected chi connectivity index (χ2v) is 4.93. The number of nitrogens with one attached hydrogen (secondary N) is 1. The van der Waals surface area contributed by atoms with E-state index in [1.165, 1.54) is 0 Å². The third-order valence-electron chi connectivity index (χ3n) is 3.85. The Kier molecular flexibility index (Phi) is 2.91. The van der Waals surface area contributed by atoms with Crippen molar-refractivity contribution in [1.82, 2.24) is 19.8 Å². The van der Waals surface area contributed by atoms with Gasteiger partial charge in [-0.1, -0.05) is 0 Å². The summed E-state index contributed by atoms with van der Waals surface area (Å²) in [5.41, 5.74) is 0.419. The maximum Gasteiger partial charge on any atom is 0.186 e. The number of anilines is 1. The van der Waals surface area contributed by atoms with Crippen molar-refractivity contribution in [3.8, 4) is 0 Å². The van der Waals surface area contributed by atoms with Crippen LogP contribution in [0.1, 0.15) is 17.6 Å². The molecule has 1 aromatic rings. The zero-order valence-corrected chi connectivity index (χ0v) is 10.8. The number of hydrogen-bond acceptors (Lipinski definition) is 5. The summed E-state index contributed by atoms with van der Waals surface area (Å²) in [6.07, 6.45) is 0. The Bertz CT molecular complexity index is 456. The normalized spacial score (nSPS) is 30.5. The first-order valence-electron chi connectivity index (χ1n) is 6.37. The van der Waals surface area contributed by atoms with Gasteiger partial charge in [0, 0.05) is 39.8 Å². The molecule has 4 rings (SSSR count). The second-order valence-electron chi connectivity index (χ2n) is 4.93. The molecule has 0 saturated carbocycles. The molecule has 0 aromatic carbocycles. The van der Waals surface area contributed by atoms with Gasteiger partial charge in [0.15, 0.2) is 11.6 Å². The summed E-state index contributed by atoms with van der Waals surface area (Å²) in [5.74, 6) is 0.690. The molecular weight excluding hydrogens is 233 g/mol. The number of halogens is 1. The van der Waals surface area contributed by atoms with E-state index in [1.807, 2.05) is 0 Å². The first kappa shape index (κ1) is 11.8. The molecule has 2 bridgehead atoms. The van der Waals surface area contributed by atoms with Gasteiger partial charge in [-0.05, 0) is 6.92 Å². The molecule has 0 amide bonds. The first-order chi connectivity index (χ1) is 8.69. The number of hydrogen-bond donors (Lipinski definition) is 1. The topological polar surface area (TPSA) is 44.3 Å². The average molecular weight is 251 g/mol. The molecule has 1 atom stereocenters. The number of aryl methyl sites for hydroxylation is 1. The fourth-order valence-electron chi connectivity index (χ4n) is 2.76. The number of piperazine rings is 3. The predicted octanol–water partition coefficient (Wildman–Crippen LogP) is 0.638. The lowest BCUT2D eigenvalue weighted by atomic mass is 10.1. The second kappa shape index (κ2) is 4.44. The molecule has 1 aromatic heterocycles. The molecule has 0 aliphatic carbocycles. The Morgan fingerprint density at radius 2 is 1.94 bits per heavy atom. The van der Waals surface area contributed by atoms with Gasteiger partial charge in [-0.2, -0.15) is 0 Å². The number of fused-ring (bicyclic) bond motifs is 3. The Labute approximate surface area is 106 Å². The highest BCUT2D eigenvalue weighted by molar-refractivity contribution is 5.37. The van der Waals surface area contributed by atoms with Crippen molar-refractivity contribution < 1.29 is 4.39 Å². The molecule has 18 heavy (non-hydrogen) atoms. The SMILES string of the molecule is CNc1nc(C2CN3CCN2CC3)nc(C)c1F. The molecule has 3 aliphatic heterocycles. The third-order valence-corrected chi connectivity index (χ3v) is 3.85. The molecule has 3 fully saturated rings. The largest absolute Gasteiger partial charge is 0.371 e. The van der Waals surface area contributed by atoms with E-state index in [0.29, 0.717) is 11.5 Å². The lowest BCUT2D eigenvalue weighted by Gasteiger charge is -2.46. The van der Waals surface area contributed by atoms with Crippen LogP contribution in [0.15, 0.2) is 0 Å². The van der Waals surface area contributed by atoms with Crippen molar-refractivity contribution in [3.05, 3.63) is 17.3 Å². The van der Waals surface area contributed by atoms with Crippen LogP contribution in [0.4, 0.5) is 10.2 Å². The molecule has 1 unspecified atom stereocenters. The predicted molar refractivity (Wildman–Crippen MR) is 67.0 cm³/mol. The van der Waals surface area contributed by atoms with Gasteiger partial charge in [-0.25, -0.2) is 14.4 Å². The molecule has 3 aliphatic rings. The lowest BCUT2D eigenvalue weighted by Crippen LogP contribution is -2.57. The molecule has 0 spiro atoms. The van der Waals surface area contributed by atoms with Gasteiger partial charge < -0.3 is 5.32 Å². The van der Waals surface area contributed by atoms with E-state index in [4.69, 9.17) is 0 Å². The monoisotopic (exact) mass is 251 g/mol. The van der Waals surface area contributed by atoms with Crippen molar-refractivity contribution in [2.75, 3.05) is 45.1 Å². The van der Waals surface area contributed by atoms with Crippen molar-refractivity contribution in [3.63, 3.8) is 0 Å². The van der Waals surface area contributed by atoms with Crippen LogP contribution in [0.3, 0.4) is 0 Å². The minimum atomic E-state index is -0.350. The van der Waals surface area contributed by atoms with Crippen LogP contribution in [0, 0.1) is 12.7 Å². The highest BCUT2D eigenvalue weighted by Gasteiger charge is 2.35. The molecular formula is C12H18FN5. The molecule has 4 heterocycles.